The van der Waals surface area contributed by atoms with Crippen LogP contribution < -0.4 is 20.9 Å². The van der Waals surface area contributed by atoms with Gasteiger partial charge in [0.05, 0.1) is 14.2 Å². The summed E-state index contributed by atoms with van der Waals surface area (Å²) in [7, 11) is -6.92. The predicted molar refractivity (Wildman–Crippen MR) is 193 cm³/mol. The number of phenolic OH excluding ortho intramolecular Hbond substituents is 2. The summed E-state index contributed by atoms with van der Waals surface area (Å²) < 4.78 is 79.5. The molecule has 0 saturated carbocycles. The standard InChI is InChI=1S/C34H28N6O10S2/c1-49-27-12-17(4-9-25(27)37-39-31-30(52(46,47)48)15-20-11-21(35)7-8-23(20)33(31)41)18-5-10-26(28(13-18)50-2)38-40-32-29(51(43,44)45)14-19-3-6-22(36)16-24(19)34(32)42/h3-16,41-42H,35-36H2,1-2H3,(H,43,44,45)(H,46,47,48). The Labute approximate surface area is 295 Å². The predicted octanol–water partition coefficient (Wildman–Crippen LogP) is 7.58. The van der Waals surface area contributed by atoms with Crippen LogP contribution in [0.4, 0.5) is 34.1 Å². The number of nitrogens with two attached hydrogens (primary N) is 2. The first-order valence-electron chi connectivity index (χ1n) is 14.8. The fourth-order valence-electron chi connectivity index (χ4n) is 5.40. The number of hydrogen-bond acceptors (Lipinski definition) is 14. The van der Waals surface area contributed by atoms with Crippen LogP contribution in [0.1, 0.15) is 0 Å². The number of azo groups is 2. The van der Waals surface area contributed by atoms with E-state index < -0.39 is 52.9 Å². The molecule has 0 unspecified atom stereocenters. The van der Waals surface area contributed by atoms with Gasteiger partial charge in [-0.15, -0.1) is 20.5 Å². The lowest BCUT2D eigenvalue weighted by Gasteiger charge is -2.11. The zero-order valence-corrected chi connectivity index (χ0v) is 28.7. The number of phenols is 2. The Kier molecular flexibility index (Phi) is 9.15. The summed E-state index contributed by atoms with van der Waals surface area (Å²) in [6, 6.07) is 20.7. The smallest absolute Gasteiger partial charge is 0.296 e. The van der Waals surface area contributed by atoms with Crippen molar-refractivity contribution in [2.24, 2.45) is 20.5 Å². The van der Waals surface area contributed by atoms with E-state index in [1.165, 1.54) is 62.8 Å². The molecule has 0 aliphatic carbocycles. The fraction of sp³-hybridized carbons (Fsp3) is 0.0588. The minimum absolute atomic E-state index is 0.143. The van der Waals surface area contributed by atoms with Gasteiger partial charge in [0.25, 0.3) is 20.2 Å². The molecule has 0 fully saturated rings. The van der Waals surface area contributed by atoms with Crippen LogP contribution in [-0.2, 0) is 20.2 Å². The van der Waals surface area contributed by atoms with Crippen LogP contribution in [0.3, 0.4) is 0 Å². The van der Waals surface area contributed by atoms with Gasteiger partial charge in [-0.2, -0.15) is 16.8 Å². The molecule has 266 valence electrons. The maximum absolute atomic E-state index is 12.2. The van der Waals surface area contributed by atoms with E-state index in [4.69, 9.17) is 20.9 Å². The Morgan fingerprint density at radius 1 is 0.538 bits per heavy atom. The summed E-state index contributed by atoms with van der Waals surface area (Å²) in [6.07, 6.45) is 0. The van der Waals surface area contributed by atoms with E-state index in [-0.39, 0.29) is 39.0 Å². The molecule has 0 amide bonds. The van der Waals surface area contributed by atoms with Crippen molar-refractivity contribution in [2.45, 2.75) is 9.79 Å². The van der Waals surface area contributed by atoms with E-state index in [1.807, 2.05) is 0 Å². The van der Waals surface area contributed by atoms with Gasteiger partial charge in [0, 0.05) is 22.1 Å². The number of nitrogens with zero attached hydrogens (tertiary/aromatic N) is 4. The van der Waals surface area contributed by atoms with Gasteiger partial charge < -0.3 is 31.2 Å². The highest BCUT2D eigenvalue weighted by Gasteiger charge is 2.24. The van der Waals surface area contributed by atoms with Crippen LogP contribution in [0.15, 0.2) is 115 Å². The summed E-state index contributed by atoms with van der Waals surface area (Å²) in [6.45, 7) is 0. The van der Waals surface area contributed by atoms with Crippen LogP contribution in [0.2, 0.25) is 0 Å². The van der Waals surface area contributed by atoms with E-state index in [1.54, 1.807) is 24.3 Å². The number of fused-ring (bicyclic) bond motifs is 2. The largest absolute Gasteiger partial charge is 0.505 e. The summed E-state index contributed by atoms with van der Waals surface area (Å²) in [5, 5.41) is 38.9. The topological polar surface area (TPSA) is 269 Å². The van der Waals surface area contributed by atoms with Gasteiger partial charge in [0.2, 0.25) is 0 Å². The molecule has 0 aromatic heterocycles. The first kappa shape index (κ1) is 35.5. The molecule has 0 bridgehead atoms. The molecule has 8 N–H and O–H groups in total. The summed E-state index contributed by atoms with van der Waals surface area (Å²) >= 11 is 0. The number of ether oxygens (including phenoxy) is 2. The SMILES string of the molecule is COc1cc(-c2ccc(N=Nc3c(S(=O)(=O)O)cc4ccc(N)cc4c3O)c(OC)c2)ccc1N=Nc1c(S(=O)(=O)O)cc2cc(N)ccc2c1O. The maximum Gasteiger partial charge on any atom is 0.296 e. The normalized spacial score (nSPS) is 12.3. The number of nitrogen functional groups attached to an aromatic ring is 2. The Balaban J connectivity index is 1.35. The van der Waals surface area contributed by atoms with Crippen LogP contribution in [-0.4, -0.2) is 50.4 Å². The van der Waals surface area contributed by atoms with Gasteiger partial charge in [-0.05, 0) is 88.6 Å². The van der Waals surface area contributed by atoms with E-state index in [0.717, 1.165) is 12.1 Å². The zero-order valence-electron chi connectivity index (χ0n) is 27.1. The molecule has 16 nitrogen and oxygen atoms in total. The average Bonchev–Trinajstić information content (AvgIpc) is 3.09. The Morgan fingerprint density at radius 2 is 1.00 bits per heavy atom. The third-order valence-electron chi connectivity index (χ3n) is 7.92. The minimum atomic E-state index is -4.84. The van der Waals surface area contributed by atoms with Crippen molar-refractivity contribution >= 4 is 75.9 Å². The van der Waals surface area contributed by atoms with Crippen LogP contribution >= 0.6 is 0 Å². The fourth-order valence-corrected chi connectivity index (χ4v) is 6.72. The molecule has 0 saturated heterocycles. The molecule has 0 aliphatic heterocycles. The summed E-state index contributed by atoms with van der Waals surface area (Å²) in [4.78, 5) is -1.34. The molecule has 0 atom stereocenters. The number of rotatable bonds is 9. The highest BCUT2D eigenvalue weighted by molar-refractivity contribution is 7.86. The second-order valence-corrected chi connectivity index (χ2v) is 14.0. The lowest BCUT2D eigenvalue weighted by Crippen LogP contribution is -1.99. The van der Waals surface area contributed by atoms with Gasteiger partial charge in [-0.3, -0.25) is 9.11 Å². The zero-order chi connectivity index (χ0) is 37.5. The third-order valence-corrected chi connectivity index (χ3v) is 9.65. The van der Waals surface area contributed by atoms with Crippen molar-refractivity contribution in [3.8, 4) is 34.1 Å². The first-order chi connectivity index (χ1) is 24.6. The quantitative estimate of drug-likeness (QED) is 0.0475. The van der Waals surface area contributed by atoms with E-state index >= 15 is 0 Å². The second-order valence-electron chi connectivity index (χ2n) is 11.2. The van der Waals surface area contributed by atoms with Crippen LogP contribution in [0.5, 0.6) is 23.0 Å². The lowest BCUT2D eigenvalue weighted by molar-refractivity contribution is 0.415. The van der Waals surface area contributed by atoms with Gasteiger partial charge in [0.1, 0.15) is 44.0 Å². The number of anilines is 2. The van der Waals surface area contributed by atoms with Gasteiger partial charge in [-0.1, -0.05) is 18.2 Å². The molecule has 52 heavy (non-hydrogen) atoms. The molecular weight excluding hydrogens is 717 g/mol. The molecule has 0 radical (unpaired) electrons. The average molecular weight is 745 g/mol. The van der Waals surface area contributed by atoms with E-state index in [9.17, 15) is 36.2 Å². The molecule has 0 spiro atoms. The molecular formula is C34H28N6O10S2. The Hall–Kier alpha value is -6.34. The number of methoxy groups -OCH3 is 2. The van der Waals surface area contributed by atoms with Gasteiger partial charge in [0.15, 0.2) is 11.5 Å². The summed E-state index contributed by atoms with van der Waals surface area (Å²) in [5.41, 5.74) is 12.7. The highest BCUT2D eigenvalue weighted by atomic mass is 32.2. The summed E-state index contributed by atoms with van der Waals surface area (Å²) in [5.74, 6) is -0.691. The second kappa shape index (κ2) is 13.4. The van der Waals surface area contributed by atoms with E-state index in [0.29, 0.717) is 27.9 Å². The van der Waals surface area contributed by atoms with Crippen LogP contribution in [0.25, 0.3) is 32.7 Å². The van der Waals surface area contributed by atoms with Crippen molar-refractivity contribution in [2.75, 3.05) is 25.7 Å². The van der Waals surface area contributed by atoms with Gasteiger partial charge in [-0.25, -0.2) is 0 Å². The van der Waals surface area contributed by atoms with Crippen molar-refractivity contribution in [3.63, 3.8) is 0 Å². The van der Waals surface area contributed by atoms with Crippen molar-refractivity contribution in [3.05, 3.63) is 84.9 Å². The molecule has 6 rings (SSSR count). The number of hydrogen-bond donors (Lipinski definition) is 6. The van der Waals surface area contributed by atoms with Gasteiger partial charge >= 0.3 is 0 Å². The lowest BCUT2D eigenvalue weighted by atomic mass is 10.0. The number of aromatic hydroxyl groups is 2. The van der Waals surface area contributed by atoms with Crippen LogP contribution in [0, 0.1) is 0 Å². The maximum atomic E-state index is 12.2. The highest BCUT2D eigenvalue weighted by Crippen LogP contribution is 2.45. The number of benzene rings is 6. The minimum Gasteiger partial charge on any atom is -0.505 e. The van der Waals surface area contributed by atoms with E-state index in [2.05, 4.69) is 20.5 Å². The molecule has 18 heteroatoms. The monoisotopic (exact) mass is 744 g/mol. The Bertz CT molecular complexity index is 2720. The van der Waals surface area contributed by atoms with Crippen molar-refractivity contribution < 1.29 is 45.6 Å². The third kappa shape index (κ3) is 6.86. The van der Waals surface area contributed by atoms with Crippen molar-refractivity contribution in [1.29, 1.82) is 0 Å². The molecule has 0 aliphatic rings. The molecule has 6 aromatic rings. The first-order valence-corrected chi connectivity index (χ1v) is 17.7. The Morgan fingerprint density at radius 3 is 1.50 bits per heavy atom. The van der Waals surface area contributed by atoms with Crippen molar-refractivity contribution in [1.82, 2.24) is 0 Å². The molecule has 6 aromatic carbocycles. The molecule has 0 heterocycles.